The van der Waals surface area contributed by atoms with Crippen LogP contribution in [0.25, 0.3) is 11.4 Å². The van der Waals surface area contributed by atoms with Crippen molar-refractivity contribution >= 4 is 12.1 Å². The third kappa shape index (κ3) is 7.20. The van der Waals surface area contributed by atoms with Gasteiger partial charge in [0.05, 0.1) is 6.21 Å². The number of nitrogens with zero attached hydrogens (tertiary/aromatic N) is 3. The number of ether oxygens (including phenoxy) is 2. The Morgan fingerprint density at radius 3 is 2.06 bits per heavy atom. The first kappa shape index (κ1) is 31.2. The fraction of sp³-hybridized carbons (Fsp3) is 0.158. The Balaban J connectivity index is 1.02. The minimum absolute atomic E-state index is 0.139. The third-order valence-electron chi connectivity index (χ3n) is 7.86. The van der Waals surface area contributed by atoms with Crippen molar-refractivity contribution in [2.24, 2.45) is 5.10 Å². The summed E-state index contributed by atoms with van der Waals surface area (Å²) in [7, 11) is 0. The first-order valence-corrected chi connectivity index (χ1v) is 15.2. The summed E-state index contributed by atoms with van der Waals surface area (Å²) in [6.07, 6.45) is 1.61. The van der Waals surface area contributed by atoms with Gasteiger partial charge in [-0.15, -0.1) is 0 Å². The number of aromatic nitrogens is 2. The highest BCUT2D eigenvalue weighted by molar-refractivity contribution is 5.92. The predicted molar refractivity (Wildman–Crippen MR) is 179 cm³/mol. The quantitative estimate of drug-likeness (QED) is 0.116. The van der Waals surface area contributed by atoms with Gasteiger partial charge in [0.15, 0.2) is 5.76 Å². The average molecular weight is 631 g/mol. The van der Waals surface area contributed by atoms with Crippen LogP contribution in [0.5, 0.6) is 11.5 Å². The second kappa shape index (κ2) is 13.7. The highest BCUT2D eigenvalue weighted by atomic mass is 19.1. The van der Waals surface area contributed by atoms with Crippen LogP contribution in [0.4, 0.5) is 4.39 Å². The van der Waals surface area contributed by atoms with Crippen molar-refractivity contribution in [3.05, 3.63) is 154 Å². The minimum Gasteiger partial charge on any atom is -0.489 e. The van der Waals surface area contributed by atoms with Crippen molar-refractivity contribution in [2.75, 3.05) is 0 Å². The number of amides is 1. The summed E-state index contributed by atoms with van der Waals surface area (Å²) >= 11 is 0. The first-order valence-electron chi connectivity index (χ1n) is 15.2. The molecule has 0 radical (unpaired) electrons. The number of aryl methyl sites for hydroxylation is 3. The Labute approximate surface area is 272 Å². The van der Waals surface area contributed by atoms with Gasteiger partial charge < -0.3 is 23.0 Å². The molecule has 0 aliphatic heterocycles. The van der Waals surface area contributed by atoms with Gasteiger partial charge >= 0.3 is 5.91 Å². The van der Waals surface area contributed by atoms with E-state index in [2.05, 4.69) is 45.6 Å². The van der Waals surface area contributed by atoms with Crippen molar-refractivity contribution in [3.63, 3.8) is 0 Å². The van der Waals surface area contributed by atoms with Gasteiger partial charge in [0.2, 0.25) is 0 Å². The van der Waals surface area contributed by atoms with Crippen molar-refractivity contribution in [3.8, 4) is 22.9 Å². The zero-order valence-corrected chi connectivity index (χ0v) is 26.7. The van der Waals surface area contributed by atoms with E-state index < -0.39 is 5.91 Å². The highest BCUT2D eigenvalue weighted by Gasteiger charge is 2.13. The molecule has 0 unspecified atom stereocenters. The van der Waals surface area contributed by atoms with Crippen LogP contribution in [0.1, 0.15) is 50.2 Å². The summed E-state index contributed by atoms with van der Waals surface area (Å²) in [5.74, 6) is 1.30. The average Bonchev–Trinajstić information content (AvgIpc) is 3.76. The standard InChI is InChI=1S/C38H35FN4O4/c1-25-8-9-26(2)42(25)32-10-14-35(15-11-32)46-24-36-18-19-37(47-36)38(44)41-40-22-30-20-27(3)43(28(30)4)33-12-16-34(17-13-33)45-23-29-6-5-7-31(39)21-29/h5-22H,23-24H2,1-4H3,(H,41,44)/b40-22+. The van der Waals surface area contributed by atoms with Gasteiger partial charge in [-0.1, -0.05) is 12.1 Å². The second-order valence-electron chi connectivity index (χ2n) is 11.3. The summed E-state index contributed by atoms with van der Waals surface area (Å²) in [5.41, 5.74) is 10.5. The number of carbonyl (C=O) groups is 1. The van der Waals surface area contributed by atoms with E-state index in [9.17, 15) is 9.18 Å². The molecule has 0 saturated carbocycles. The molecule has 238 valence electrons. The highest BCUT2D eigenvalue weighted by Crippen LogP contribution is 2.24. The van der Waals surface area contributed by atoms with Crippen LogP contribution in [0, 0.1) is 33.5 Å². The number of hydrazone groups is 1. The molecule has 0 aliphatic carbocycles. The van der Waals surface area contributed by atoms with Gasteiger partial charge in [-0.2, -0.15) is 5.10 Å². The van der Waals surface area contributed by atoms with Crippen LogP contribution < -0.4 is 14.9 Å². The Hall–Kier alpha value is -5.83. The first-order chi connectivity index (χ1) is 22.7. The van der Waals surface area contributed by atoms with Gasteiger partial charge in [0.1, 0.15) is 36.3 Å². The number of halogens is 1. The molecule has 0 bridgehead atoms. The Bertz CT molecular complexity index is 2020. The van der Waals surface area contributed by atoms with E-state index in [1.807, 2.05) is 74.5 Å². The molecule has 47 heavy (non-hydrogen) atoms. The van der Waals surface area contributed by atoms with Gasteiger partial charge in [0, 0.05) is 39.7 Å². The Morgan fingerprint density at radius 2 is 1.40 bits per heavy atom. The predicted octanol–water partition coefficient (Wildman–Crippen LogP) is 8.16. The monoisotopic (exact) mass is 630 g/mol. The molecule has 9 heteroatoms. The van der Waals surface area contributed by atoms with Crippen molar-refractivity contribution < 1.29 is 23.1 Å². The Morgan fingerprint density at radius 1 is 0.766 bits per heavy atom. The summed E-state index contributed by atoms with van der Waals surface area (Å²) in [6, 6.07) is 31.4. The molecule has 6 rings (SSSR count). The lowest BCUT2D eigenvalue weighted by atomic mass is 10.2. The number of hydrogen-bond acceptors (Lipinski definition) is 5. The molecule has 3 aromatic heterocycles. The lowest BCUT2D eigenvalue weighted by Crippen LogP contribution is -2.16. The van der Waals surface area contributed by atoms with Crippen LogP contribution in [-0.4, -0.2) is 21.3 Å². The molecule has 0 spiro atoms. The normalized spacial score (nSPS) is 11.3. The summed E-state index contributed by atoms with van der Waals surface area (Å²) in [4.78, 5) is 12.7. The van der Waals surface area contributed by atoms with Crippen molar-refractivity contribution in [2.45, 2.75) is 40.9 Å². The fourth-order valence-electron chi connectivity index (χ4n) is 5.52. The van der Waals surface area contributed by atoms with E-state index in [0.29, 0.717) is 17.3 Å². The number of carbonyl (C=O) groups excluding carboxylic acids is 1. The molecule has 1 N–H and O–H groups in total. The molecule has 8 nitrogen and oxygen atoms in total. The van der Waals surface area contributed by atoms with Crippen LogP contribution in [0.3, 0.4) is 0 Å². The molecule has 0 atom stereocenters. The SMILES string of the molecule is Cc1ccc(C)n1-c1ccc(OCc2ccc(C(=O)N/N=C/c3cc(C)n(-c4ccc(OCc5cccc(F)c5)cc4)c3C)o2)cc1. The van der Waals surface area contributed by atoms with Crippen LogP contribution >= 0.6 is 0 Å². The molecule has 3 heterocycles. The van der Waals surface area contributed by atoms with Crippen molar-refractivity contribution in [1.29, 1.82) is 0 Å². The maximum absolute atomic E-state index is 13.4. The number of benzene rings is 3. The Kier molecular flexibility index (Phi) is 9.06. The van der Waals surface area contributed by atoms with Gasteiger partial charge in [-0.25, -0.2) is 9.82 Å². The largest absolute Gasteiger partial charge is 0.489 e. The molecular weight excluding hydrogens is 595 g/mol. The van der Waals surface area contributed by atoms with Crippen molar-refractivity contribution in [1.82, 2.24) is 14.6 Å². The molecular formula is C38H35FN4O4. The minimum atomic E-state index is -0.461. The fourth-order valence-corrected chi connectivity index (χ4v) is 5.52. The molecule has 1 amide bonds. The maximum atomic E-state index is 13.4. The second-order valence-corrected chi connectivity index (χ2v) is 11.3. The van der Waals surface area contributed by atoms with E-state index in [4.69, 9.17) is 13.9 Å². The molecule has 0 aliphatic rings. The van der Waals surface area contributed by atoms with Crippen LogP contribution in [0.2, 0.25) is 0 Å². The van der Waals surface area contributed by atoms with Crippen LogP contribution in [-0.2, 0) is 13.2 Å². The van der Waals surface area contributed by atoms with Crippen LogP contribution in [0.15, 0.2) is 113 Å². The van der Waals surface area contributed by atoms with Gasteiger partial charge in [0.25, 0.3) is 0 Å². The van der Waals surface area contributed by atoms with E-state index in [1.54, 1.807) is 24.4 Å². The molecule has 0 saturated heterocycles. The van der Waals surface area contributed by atoms with Gasteiger partial charge in [-0.05, 0) is 124 Å². The van der Waals surface area contributed by atoms with E-state index >= 15 is 0 Å². The zero-order valence-electron chi connectivity index (χ0n) is 26.7. The van der Waals surface area contributed by atoms with Gasteiger partial charge in [-0.3, -0.25) is 4.79 Å². The topological polar surface area (TPSA) is 82.9 Å². The number of furan rings is 1. The summed E-state index contributed by atoms with van der Waals surface area (Å²) < 4.78 is 35.1. The number of hydrogen-bond donors (Lipinski definition) is 1. The lowest BCUT2D eigenvalue weighted by Gasteiger charge is -2.11. The molecule has 3 aromatic carbocycles. The van der Waals surface area contributed by atoms with E-state index in [0.717, 1.165) is 33.9 Å². The number of rotatable bonds is 11. The smallest absolute Gasteiger partial charge is 0.307 e. The lowest BCUT2D eigenvalue weighted by molar-refractivity contribution is 0.0923. The molecule has 0 fully saturated rings. The number of nitrogens with one attached hydrogen (secondary N) is 1. The zero-order chi connectivity index (χ0) is 32.9. The maximum Gasteiger partial charge on any atom is 0.307 e. The van der Waals surface area contributed by atoms with E-state index in [-0.39, 0.29) is 24.8 Å². The third-order valence-corrected chi connectivity index (χ3v) is 7.86. The summed E-state index contributed by atoms with van der Waals surface area (Å²) in [5, 5.41) is 4.17. The van der Waals surface area contributed by atoms with E-state index in [1.165, 1.54) is 23.5 Å². The molecule has 6 aromatic rings. The summed E-state index contributed by atoms with van der Waals surface area (Å²) in [6.45, 7) is 8.60.